The van der Waals surface area contributed by atoms with Crippen molar-refractivity contribution < 1.29 is 76.7 Å². The van der Waals surface area contributed by atoms with Gasteiger partial charge in [0, 0.05) is 53.2 Å². The zero-order valence-electron chi connectivity index (χ0n) is 49.3. The number of carbonyl (C=O) groups is 9. The molecule has 4 atom stereocenters. The summed E-state index contributed by atoms with van der Waals surface area (Å²) in [5.41, 5.74) is 0.950. The Hall–Kier alpha value is -8.95. The molecule has 0 aliphatic carbocycles. The van der Waals surface area contributed by atoms with Crippen LogP contribution in [0.5, 0.6) is 28.7 Å². The number of nitrogens with zero attached hydrogens (tertiary/aromatic N) is 4. The number of hydrogen-bond donors (Lipinski definition) is 3. The number of esters is 2. The van der Waals surface area contributed by atoms with Gasteiger partial charge in [-0.15, -0.1) is 0 Å². The van der Waals surface area contributed by atoms with Crippen molar-refractivity contribution in [1.29, 1.82) is 0 Å². The first kappa shape index (κ1) is 65.9. The molecule has 6 amide bonds. The lowest BCUT2D eigenvalue weighted by Crippen LogP contribution is -2.56. The monoisotopic (exact) mass is 1160 g/mol. The van der Waals surface area contributed by atoms with Crippen molar-refractivity contribution in [3.8, 4) is 28.7 Å². The fraction of sp³-hybridized carbons (Fsp3) is 0.435. The maximum Gasteiger partial charge on any atom is 0.330 e. The molecule has 1 heterocycles. The number of carbonyl (C=O) groups excluding carboxylic acids is 9. The third-order valence-corrected chi connectivity index (χ3v) is 14.4. The second kappa shape index (κ2) is 31.5. The van der Waals surface area contributed by atoms with Gasteiger partial charge in [0.05, 0.1) is 39.8 Å². The molecular formula is C62H78N6O16. The number of rotatable bonds is 30. The van der Waals surface area contributed by atoms with Gasteiger partial charge in [0.1, 0.15) is 42.3 Å². The lowest BCUT2D eigenvalue weighted by molar-refractivity contribution is -0.165. The molecule has 22 heteroatoms. The molecule has 1 fully saturated rings. The Labute approximate surface area is 490 Å². The van der Waals surface area contributed by atoms with E-state index in [9.17, 15) is 48.3 Å². The molecule has 0 saturated carbocycles. The number of Topliss-reactive ketones (excluding diaryl/α,β-unsaturated/α-hetero) is 1. The SMILES string of the molecule is C=CC(=O)OCC(C)(C)C(=O)C(=O)N1CCCC[C@H]1C(=O)O[C@H](CCc1ccc(OC)c(OC)c1OC)c1cccc(OCC(=O)N(C)[C@@H](Cc2ccc(O)cc2)C(=O)N[C@H](Cc2ccccc2)C(=O)N(C)CC(=O)NCC(=O)N(C)CC)c1. The quantitative estimate of drug-likeness (QED) is 0.0367. The minimum atomic E-state index is -1.43. The molecule has 452 valence electrons. The van der Waals surface area contributed by atoms with Crippen molar-refractivity contribution in [3.05, 3.63) is 126 Å². The number of methoxy groups -OCH3 is 3. The van der Waals surface area contributed by atoms with E-state index in [1.165, 1.54) is 76.1 Å². The third kappa shape index (κ3) is 18.3. The van der Waals surface area contributed by atoms with Crippen LogP contribution in [0.3, 0.4) is 0 Å². The Morgan fingerprint density at radius 2 is 1.50 bits per heavy atom. The summed E-state index contributed by atoms with van der Waals surface area (Å²) < 4.78 is 34.4. The molecule has 22 nitrogen and oxygen atoms in total. The van der Waals surface area contributed by atoms with Crippen LogP contribution in [-0.4, -0.2) is 178 Å². The summed E-state index contributed by atoms with van der Waals surface area (Å²) in [6.45, 7) is 6.94. The minimum absolute atomic E-state index is 0.0178. The number of hydrogen-bond acceptors (Lipinski definition) is 16. The van der Waals surface area contributed by atoms with Gasteiger partial charge in [-0.25, -0.2) is 9.59 Å². The van der Waals surface area contributed by atoms with Crippen LogP contribution in [-0.2, 0) is 71.9 Å². The van der Waals surface area contributed by atoms with E-state index < -0.39 is 96.7 Å². The second-order valence-electron chi connectivity index (χ2n) is 20.9. The average Bonchev–Trinajstić information content (AvgIpc) is 3.06. The van der Waals surface area contributed by atoms with E-state index in [0.717, 1.165) is 11.0 Å². The molecule has 1 aliphatic rings. The summed E-state index contributed by atoms with van der Waals surface area (Å²) in [4.78, 5) is 127. The number of aromatic hydroxyl groups is 1. The van der Waals surface area contributed by atoms with Crippen LogP contribution in [0.4, 0.5) is 0 Å². The standard InChI is InChI=1S/C62H78N6O16/c1-11-54(73)83-39-62(3,4)57(74)60(77)68-32-17-16-23-47(68)61(78)84-49(30-26-42-27-31-50(79-8)56(81-10)55(42)80-9)43-21-18-22-45(35-43)82-38-53(72)67(7)48(34-41-24-28-44(69)29-25-41)58(75)64-46(33-40-19-14-13-15-20-40)59(76)66(6)37-51(70)63-36-52(71)65(5)12-2/h11,13-15,18-22,24-25,27-29,31,35,46-49,69H,1,12,16-17,23,26,30,32-34,36-39H2,2-10H3,(H,63,70)(H,64,75)/t46-,47+,48+,49-/m1/s1. The van der Waals surface area contributed by atoms with E-state index in [-0.39, 0.29) is 62.6 Å². The molecule has 5 rings (SSSR count). The molecule has 0 unspecified atom stereocenters. The molecular weight excluding hydrogens is 1080 g/mol. The smallest absolute Gasteiger partial charge is 0.330 e. The second-order valence-corrected chi connectivity index (χ2v) is 20.9. The Morgan fingerprint density at radius 3 is 2.15 bits per heavy atom. The van der Waals surface area contributed by atoms with Crippen molar-refractivity contribution in [2.24, 2.45) is 5.41 Å². The van der Waals surface area contributed by atoms with Crippen molar-refractivity contribution in [1.82, 2.24) is 30.2 Å². The summed E-state index contributed by atoms with van der Waals surface area (Å²) in [5, 5.41) is 15.5. The van der Waals surface area contributed by atoms with E-state index in [1.807, 2.05) is 0 Å². The minimum Gasteiger partial charge on any atom is -0.508 e. The van der Waals surface area contributed by atoms with Crippen LogP contribution in [0.2, 0.25) is 0 Å². The van der Waals surface area contributed by atoms with Gasteiger partial charge in [-0.05, 0) is 105 Å². The van der Waals surface area contributed by atoms with Gasteiger partial charge >= 0.3 is 11.9 Å². The van der Waals surface area contributed by atoms with E-state index in [4.69, 9.17) is 28.4 Å². The highest BCUT2D eigenvalue weighted by Gasteiger charge is 2.43. The molecule has 3 N–H and O–H groups in total. The first-order chi connectivity index (χ1) is 40.0. The fourth-order valence-corrected chi connectivity index (χ4v) is 9.28. The number of likely N-dealkylation sites (tertiary alicyclic amines) is 1. The Kier molecular flexibility index (Phi) is 24.7. The van der Waals surface area contributed by atoms with Gasteiger partial charge in [-0.3, -0.25) is 33.6 Å². The average molecular weight is 1160 g/mol. The number of phenols is 1. The van der Waals surface area contributed by atoms with E-state index >= 15 is 0 Å². The van der Waals surface area contributed by atoms with Crippen LogP contribution in [0.1, 0.15) is 74.8 Å². The normalized spacial score (nSPS) is 14.0. The van der Waals surface area contributed by atoms with Crippen molar-refractivity contribution >= 4 is 53.2 Å². The summed E-state index contributed by atoms with van der Waals surface area (Å²) in [7, 11) is 8.86. The lowest BCUT2D eigenvalue weighted by Gasteiger charge is -2.36. The molecule has 1 saturated heterocycles. The van der Waals surface area contributed by atoms with Crippen LogP contribution in [0.25, 0.3) is 0 Å². The fourth-order valence-electron chi connectivity index (χ4n) is 9.28. The van der Waals surface area contributed by atoms with Crippen LogP contribution >= 0.6 is 0 Å². The maximum absolute atomic E-state index is 14.6. The maximum atomic E-state index is 14.6. The molecule has 0 radical (unpaired) electrons. The molecule has 0 aromatic heterocycles. The Morgan fingerprint density at radius 1 is 0.810 bits per heavy atom. The largest absolute Gasteiger partial charge is 0.508 e. The summed E-state index contributed by atoms with van der Waals surface area (Å²) in [6.07, 6.45) is 1.56. The van der Waals surface area contributed by atoms with Crippen molar-refractivity contribution in [2.45, 2.75) is 89.9 Å². The summed E-state index contributed by atoms with van der Waals surface area (Å²) in [5.74, 6) is -4.89. The Balaban J connectivity index is 1.41. The number of aryl methyl sites for hydroxylation is 1. The molecule has 4 aromatic rings. The number of amides is 6. The predicted octanol–water partition coefficient (Wildman–Crippen LogP) is 4.57. The number of phenolic OH excluding ortho intramolecular Hbond substituents is 1. The summed E-state index contributed by atoms with van der Waals surface area (Å²) in [6, 6.07) is 21.4. The highest BCUT2D eigenvalue weighted by molar-refractivity contribution is 6.38. The van der Waals surface area contributed by atoms with E-state index in [2.05, 4.69) is 17.2 Å². The Bertz CT molecular complexity index is 2970. The highest BCUT2D eigenvalue weighted by atomic mass is 16.6. The number of benzene rings is 4. The topological polar surface area (TPSA) is 266 Å². The zero-order valence-corrected chi connectivity index (χ0v) is 49.3. The van der Waals surface area contributed by atoms with Gasteiger partial charge < -0.3 is 63.8 Å². The van der Waals surface area contributed by atoms with Crippen LogP contribution in [0, 0.1) is 5.41 Å². The van der Waals surface area contributed by atoms with E-state index in [1.54, 1.807) is 92.8 Å². The molecule has 0 spiro atoms. The van der Waals surface area contributed by atoms with E-state index in [0.29, 0.717) is 58.9 Å². The highest BCUT2D eigenvalue weighted by Crippen LogP contribution is 2.41. The van der Waals surface area contributed by atoms with Gasteiger partial charge in [0.15, 0.2) is 18.1 Å². The van der Waals surface area contributed by atoms with Gasteiger partial charge in [0.2, 0.25) is 35.2 Å². The van der Waals surface area contributed by atoms with Crippen molar-refractivity contribution in [3.63, 3.8) is 0 Å². The number of piperidine rings is 1. The van der Waals surface area contributed by atoms with Gasteiger partial charge in [-0.1, -0.05) is 67.2 Å². The number of nitrogens with one attached hydrogen (secondary N) is 2. The molecule has 0 bridgehead atoms. The zero-order chi connectivity index (χ0) is 61.7. The number of ether oxygens (including phenoxy) is 6. The number of ketones is 1. The first-order valence-electron chi connectivity index (χ1n) is 27.5. The molecule has 1 aliphatic heterocycles. The van der Waals surface area contributed by atoms with Crippen molar-refractivity contribution in [2.75, 3.05) is 81.9 Å². The first-order valence-corrected chi connectivity index (χ1v) is 27.5. The third-order valence-electron chi connectivity index (χ3n) is 14.4. The predicted molar refractivity (Wildman–Crippen MR) is 309 cm³/mol. The number of likely N-dealkylation sites (N-methyl/N-ethyl adjacent to an activating group) is 3. The molecule has 84 heavy (non-hydrogen) atoms. The van der Waals surface area contributed by atoms with Gasteiger partial charge in [0.25, 0.3) is 11.8 Å². The van der Waals surface area contributed by atoms with Crippen LogP contribution < -0.4 is 29.6 Å². The lowest BCUT2D eigenvalue weighted by atomic mass is 9.87. The van der Waals surface area contributed by atoms with Gasteiger partial charge in [-0.2, -0.15) is 0 Å². The van der Waals surface area contributed by atoms with Crippen LogP contribution in [0.15, 0.2) is 104 Å². The summed E-state index contributed by atoms with van der Waals surface area (Å²) >= 11 is 0. The molecule has 4 aromatic carbocycles.